The van der Waals surface area contributed by atoms with Crippen LogP contribution >= 0.6 is 0 Å². The first kappa shape index (κ1) is 21.3. The van der Waals surface area contributed by atoms with Crippen LogP contribution in [0.5, 0.6) is 0 Å². The number of aliphatic imine (C=N–C) groups is 1. The molecule has 10 nitrogen and oxygen atoms in total. The predicted molar refractivity (Wildman–Crippen MR) is 121 cm³/mol. The number of morpholine rings is 1. The van der Waals surface area contributed by atoms with Crippen molar-refractivity contribution in [3.05, 3.63) is 41.3 Å². The van der Waals surface area contributed by atoms with E-state index in [0.29, 0.717) is 45.4 Å². The Bertz CT molecular complexity index is 1070. The number of nitriles is 1. The number of aromatic nitrogens is 3. The van der Waals surface area contributed by atoms with Crippen molar-refractivity contribution in [2.24, 2.45) is 4.99 Å². The molecule has 0 amide bonds. The first-order chi connectivity index (χ1) is 15.7. The molecule has 0 atom stereocenters. The summed E-state index contributed by atoms with van der Waals surface area (Å²) in [6.07, 6.45) is 5.39. The van der Waals surface area contributed by atoms with Gasteiger partial charge in [-0.15, -0.1) is 4.99 Å². The summed E-state index contributed by atoms with van der Waals surface area (Å²) in [6, 6.07) is 3.76. The van der Waals surface area contributed by atoms with E-state index in [2.05, 4.69) is 46.5 Å². The minimum Gasteiger partial charge on any atom is -0.378 e. The van der Waals surface area contributed by atoms with Crippen molar-refractivity contribution in [3.8, 4) is 18.0 Å². The standard InChI is InChI=1S/C22H25N9O/c1-17-19(5-4-18-3-2-6-25-15-18)20(28-21(24)27-17)29-7-9-30(10-8-29)22(26-16-23)31-11-13-32-14-12-31/h2-3,6,15H,7-14H2,1H3,(H2,24,27,28)/b26-22+. The number of guanidine groups is 1. The van der Waals surface area contributed by atoms with Crippen molar-refractivity contribution in [1.29, 1.82) is 5.26 Å². The normalized spacial score (nSPS) is 16.9. The van der Waals surface area contributed by atoms with Crippen LogP contribution in [-0.4, -0.2) is 83.2 Å². The molecule has 10 heteroatoms. The van der Waals surface area contributed by atoms with Crippen molar-refractivity contribution in [3.63, 3.8) is 0 Å². The smallest absolute Gasteiger partial charge is 0.222 e. The molecule has 0 spiro atoms. The first-order valence-corrected chi connectivity index (χ1v) is 10.5. The highest BCUT2D eigenvalue weighted by Gasteiger charge is 2.27. The van der Waals surface area contributed by atoms with E-state index in [1.54, 1.807) is 12.4 Å². The third kappa shape index (κ3) is 4.88. The number of ether oxygens (including phenoxy) is 1. The number of piperazine rings is 1. The molecule has 0 aromatic carbocycles. The molecule has 0 bridgehead atoms. The molecule has 0 unspecified atom stereocenters. The number of nitrogens with two attached hydrogens (primary N) is 1. The molecule has 2 aromatic heterocycles. The Labute approximate surface area is 187 Å². The quantitative estimate of drug-likeness (QED) is 0.297. The summed E-state index contributed by atoms with van der Waals surface area (Å²) in [5, 5.41) is 9.20. The fourth-order valence-corrected chi connectivity index (χ4v) is 3.79. The van der Waals surface area contributed by atoms with Gasteiger partial charge in [0, 0.05) is 57.2 Å². The summed E-state index contributed by atoms with van der Waals surface area (Å²) in [5.74, 6) is 8.03. The molecule has 4 rings (SSSR count). The second-order valence-corrected chi connectivity index (χ2v) is 7.44. The highest BCUT2D eigenvalue weighted by molar-refractivity contribution is 5.81. The van der Waals surface area contributed by atoms with Gasteiger partial charge >= 0.3 is 0 Å². The Morgan fingerprint density at radius 2 is 1.84 bits per heavy atom. The zero-order valence-electron chi connectivity index (χ0n) is 18.0. The third-order valence-corrected chi connectivity index (χ3v) is 5.39. The topological polar surface area (TPSA) is 120 Å². The van der Waals surface area contributed by atoms with Crippen LogP contribution < -0.4 is 10.6 Å². The zero-order chi connectivity index (χ0) is 22.3. The number of rotatable bonds is 1. The van der Waals surface area contributed by atoms with E-state index in [1.807, 2.05) is 25.2 Å². The van der Waals surface area contributed by atoms with E-state index >= 15 is 0 Å². The number of nitrogens with zero attached hydrogens (tertiary/aromatic N) is 8. The molecule has 2 aliphatic heterocycles. The van der Waals surface area contributed by atoms with Crippen LogP contribution in [0.15, 0.2) is 29.5 Å². The monoisotopic (exact) mass is 431 g/mol. The van der Waals surface area contributed by atoms with E-state index in [1.165, 1.54) is 0 Å². The van der Waals surface area contributed by atoms with Crippen LogP contribution in [0.3, 0.4) is 0 Å². The van der Waals surface area contributed by atoms with Gasteiger partial charge in [-0.05, 0) is 19.1 Å². The van der Waals surface area contributed by atoms with E-state index in [0.717, 1.165) is 35.7 Å². The van der Waals surface area contributed by atoms with Gasteiger partial charge in [-0.2, -0.15) is 10.2 Å². The summed E-state index contributed by atoms with van der Waals surface area (Å²) in [6.45, 7) is 7.45. The van der Waals surface area contributed by atoms with Gasteiger partial charge in [0.05, 0.1) is 24.5 Å². The van der Waals surface area contributed by atoms with Crippen LogP contribution in [0.1, 0.15) is 16.8 Å². The Morgan fingerprint density at radius 3 is 2.53 bits per heavy atom. The maximum atomic E-state index is 9.20. The Morgan fingerprint density at radius 1 is 1.09 bits per heavy atom. The molecule has 2 aliphatic rings. The van der Waals surface area contributed by atoms with Gasteiger partial charge in [-0.3, -0.25) is 4.98 Å². The Hall–Kier alpha value is -3.89. The number of nitrogen functional groups attached to an aromatic ring is 1. The largest absolute Gasteiger partial charge is 0.378 e. The number of hydrogen-bond donors (Lipinski definition) is 1. The Kier molecular flexibility index (Phi) is 6.63. The van der Waals surface area contributed by atoms with Gasteiger partial charge in [0.25, 0.3) is 0 Å². The molecule has 2 N–H and O–H groups in total. The predicted octanol–water partition coefficient (Wildman–Crippen LogP) is 0.453. The lowest BCUT2D eigenvalue weighted by molar-refractivity contribution is 0.0620. The van der Waals surface area contributed by atoms with Crippen LogP contribution in [-0.2, 0) is 4.74 Å². The van der Waals surface area contributed by atoms with E-state index in [-0.39, 0.29) is 5.95 Å². The minimum absolute atomic E-state index is 0.229. The molecule has 4 heterocycles. The summed E-state index contributed by atoms with van der Waals surface area (Å²) in [7, 11) is 0. The summed E-state index contributed by atoms with van der Waals surface area (Å²) in [4.78, 5) is 23.5. The first-order valence-electron chi connectivity index (χ1n) is 10.5. The van der Waals surface area contributed by atoms with Crippen molar-refractivity contribution in [2.45, 2.75) is 6.92 Å². The molecular weight excluding hydrogens is 406 g/mol. The SMILES string of the molecule is Cc1nc(N)nc(N2CCN(/C(=N\C#N)N3CCOCC3)CC2)c1C#Cc1cccnc1. The molecule has 2 saturated heterocycles. The fourth-order valence-electron chi connectivity index (χ4n) is 3.79. The van der Waals surface area contributed by atoms with Crippen molar-refractivity contribution >= 4 is 17.7 Å². The highest BCUT2D eigenvalue weighted by atomic mass is 16.5. The van der Waals surface area contributed by atoms with Gasteiger partial charge in [0.2, 0.25) is 18.1 Å². The maximum absolute atomic E-state index is 9.20. The van der Waals surface area contributed by atoms with Gasteiger partial charge in [-0.25, -0.2) is 4.98 Å². The van der Waals surface area contributed by atoms with E-state index in [4.69, 9.17) is 10.5 Å². The fraction of sp³-hybridized carbons (Fsp3) is 0.409. The summed E-state index contributed by atoms with van der Waals surface area (Å²) < 4.78 is 5.43. The van der Waals surface area contributed by atoms with Gasteiger partial charge in [-0.1, -0.05) is 11.8 Å². The molecule has 0 radical (unpaired) electrons. The molecule has 164 valence electrons. The molecule has 0 saturated carbocycles. The van der Waals surface area contributed by atoms with Crippen LogP contribution in [0.4, 0.5) is 11.8 Å². The zero-order valence-corrected chi connectivity index (χ0v) is 18.0. The van der Waals surface area contributed by atoms with Gasteiger partial charge in [0.1, 0.15) is 5.82 Å². The summed E-state index contributed by atoms with van der Waals surface area (Å²) >= 11 is 0. The highest BCUT2D eigenvalue weighted by Crippen LogP contribution is 2.23. The molecular formula is C22H25N9O. The maximum Gasteiger partial charge on any atom is 0.222 e. The van der Waals surface area contributed by atoms with Crippen molar-refractivity contribution in [2.75, 3.05) is 63.1 Å². The lowest BCUT2D eigenvalue weighted by Gasteiger charge is -2.41. The second-order valence-electron chi connectivity index (χ2n) is 7.44. The van der Waals surface area contributed by atoms with Crippen LogP contribution in [0.25, 0.3) is 0 Å². The number of pyridine rings is 1. The summed E-state index contributed by atoms with van der Waals surface area (Å²) in [5.41, 5.74) is 8.29. The molecule has 0 aliphatic carbocycles. The lowest BCUT2D eigenvalue weighted by Crippen LogP contribution is -2.55. The molecule has 2 fully saturated rings. The van der Waals surface area contributed by atoms with Gasteiger partial charge < -0.3 is 25.2 Å². The van der Waals surface area contributed by atoms with Crippen molar-refractivity contribution in [1.82, 2.24) is 24.8 Å². The number of hydrogen-bond acceptors (Lipinski definition) is 8. The minimum atomic E-state index is 0.229. The van der Waals surface area contributed by atoms with E-state index in [9.17, 15) is 5.26 Å². The van der Waals surface area contributed by atoms with Gasteiger partial charge in [0.15, 0.2) is 0 Å². The van der Waals surface area contributed by atoms with Crippen molar-refractivity contribution < 1.29 is 4.74 Å². The lowest BCUT2D eigenvalue weighted by atomic mass is 10.1. The van der Waals surface area contributed by atoms with Crippen LogP contribution in [0, 0.1) is 30.2 Å². The van der Waals surface area contributed by atoms with Crippen LogP contribution in [0.2, 0.25) is 0 Å². The third-order valence-electron chi connectivity index (χ3n) is 5.39. The average molecular weight is 432 g/mol. The second kappa shape index (κ2) is 9.94. The molecule has 32 heavy (non-hydrogen) atoms. The number of aryl methyl sites for hydroxylation is 1. The average Bonchev–Trinajstić information content (AvgIpc) is 2.83. The number of anilines is 2. The van der Waals surface area contributed by atoms with E-state index < -0.39 is 0 Å². The Balaban J connectivity index is 1.54. The molecule has 2 aromatic rings.